The molecule has 3 rings (SSSR count). The Morgan fingerprint density at radius 2 is 1.67 bits per heavy atom. The minimum atomic E-state index is -0.394. The van der Waals surface area contributed by atoms with Crippen LogP contribution in [0.3, 0.4) is 0 Å². The van der Waals surface area contributed by atoms with Crippen LogP contribution in [0.1, 0.15) is 83.1 Å². The molecule has 134 valence electrons. The van der Waals surface area contributed by atoms with Gasteiger partial charge in [-0.25, -0.2) is 0 Å². The first-order chi connectivity index (χ1) is 11.7. The molecule has 0 saturated carbocycles. The second-order valence-electron chi connectivity index (χ2n) is 8.19. The number of hydrogen-bond acceptors (Lipinski definition) is 2. The molecule has 0 aromatic heterocycles. The Labute approximate surface area is 148 Å². The van der Waals surface area contributed by atoms with E-state index in [4.69, 9.17) is 0 Å². The van der Waals surface area contributed by atoms with E-state index in [1.165, 1.54) is 56.9 Å². The summed E-state index contributed by atoms with van der Waals surface area (Å²) in [5.74, 6) is 0. The van der Waals surface area contributed by atoms with Gasteiger partial charge in [0, 0.05) is 18.6 Å². The summed E-state index contributed by atoms with van der Waals surface area (Å²) >= 11 is 0. The first-order valence-corrected chi connectivity index (χ1v) is 10.2. The normalized spacial score (nSPS) is 30.4. The number of unbranched alkanes of at least 4 members (excludes halogenated alkanes) is 4. The second-order valence-corrected chi connectivity index (χ2v) is 8.19. The molecule has 2 saturated heterocycles. The van der Waals surface area contributed by atoms with Gasteiger partial charge in [-0.15, -0.1) is 0 Å². The molecule has 2 bridgehead atoms. The van der Waals surface area contributed by atoms with Crippen molar-refractivity contribution >= 4 is 0 Å². The van der Waals surface area contributed by atoms with Crippen molar-refractivity contribution in [3.05, 3.63) is 35.9 Å². The third kappa shape index (κ3) is 4.61. The molecule has 2 heterocycles. The zero-order valence-electron chi connectivity index (χ0n) is 15.4. The smallest absolute Gasteiger partial charge is 0.0677 e. The van der Waals surface area contributed by atoms with Crippen molar-refractivity contribution in [1.29, 1.82) is 0 Å². The van der Waals surface area contributed by atoms with E-state index >= 15 is 0 Å². The summed E-state index contributed by atoms with van der Waals surface area (Å²) in [6.07, 6.45) is 13.3. The minimum absolute atomic E-state index is 0.394. The molecule has 1 aromatic carbocycles. The van der Waals surface area contributed by atoms with Crippen molar-refractivity contribution in [3.63, 3.8) is 0 Å². The highest BCUT2D eigenvalue weighted by atomic mass is 16.3. The molecular weight excluding hydrogens is 294 g/mol. The van der Waals surface area contributed by atoms with Gasteiger partial charge in [-0.05, 0) is 37.7 Å². The van der Waals surface area contributed by atoms with E-state index in [-0.39, 0.29) is 0 Å². The summed E-state index contributed by atoms with van der Waals surface area (Å²) in [6, 6.07) is 12.0. The van der Waals surface area contributed by atoms with Gasteiger partial charge in [-0.3, -0.25) is 4.90 Å². The molecule has 24 heavy (non-hydrogen) atoms. The number of benzene rings is 1. The quantitative estimate of drug-likeness (QED) is 0.655. The standard InChI is InChI=1S/C22H35NO/c1-2-3-4-5-9-15-22(24)16-20-13-10-14-21(17-22)23(20)18-19-11-7-6-8-12-19/h6-8,11-12,20-21,24H,2-5,9-10,13-18H2,1H3. The topological polar surface area (TPSA) is 23.5 Å². The molecule has 2 nitrogen and oxygen atoms in total. The lowest BCUT2D eigenvalue weighted by Crippen LogP contribution is -2.57. The summed E-state index contributed by atoms with van der Waals surface area (Å²) < 4.78 is 0. The first kappa shape index (κ1) is 17.9. The van der Waals surface area contributed by atoms with Crippen LogP contribution in [0.2, 0.25) is 0 Å². The maximum atomic E-state index is 11.2. The molecule has 2 heteroatoms. The SMILES string of the molecule is CCCCCCCC1(O)CC2CCCC(C1)N2Cc1ccccc1. The van der Waals surface area contributed by atoms with E-state index in [1.807, 2.05) is 0 Å². The van der Waals surface area contributed by atoms with Crippen LogP contribution in [0.25, 0.3) is 0 Å². The van der Waals surface area contributed by atoms with Gasteiger partial charge in [0.15, 0.2) is 0 Å². The summed E-state index contributed by atoms with van der Waals surface area (Å²) in [4.78, 5) is 2.70. The predicted molar refractivity (Wildman–Crippen MR) is 101 cm³/mol. The van der Waals surface area contributed by atoms with Gasteiger partial charge in [0.05, 0.1) is 5.60 Å². The van der Waals surface area contributed by atoms with Gasteiger partial charge in [-0.2, -0.15) is 0 Å². The molecule has 1 N–H and O–H groups in total. The Kier molecular flexibility index (Phi) is 6.35. The predicted octanol–water partition coefficient (Wildman–Crippen LogP) is 5.30. The van der Waals surface area contributed by atoms with Crippen molar-refractivity contribution in [2.45, 2.75) is 102 Å². The fourth-order valence-corrected chi connectivity index (χ4v) is 4.93. The van der Waals surface area contributed by atoms with Crippen LogP contribution in [0.4, 0.5) is 0 Å². The number of fused-ring (bicyclic) bond motifs is 2. The molecule has 0 radical (unpaired) electrons. The number of piperidine rings is 2. The maximum absolute atomic E-state index is 11.2. The molecule has 2 aliphatic heterocycles. The minimum Gasteiger partial charge on any atom is -0.390 e. The summed E-state index contributed by atoms with van der Waals surface area (Å²) in [5.41, 5.74) is 1.02. The highest BCUT2D eigenvalue weighted by molar-refractivity contribution is 5.15. The third-order valence-electron chi connectivity index (χ3n) is 6.20. The van der Waals surface area contributed by atoms with Crippen LogP contribution in [0.15, 0.2) is 30.3 Å². The Bertz CT molecular complexity index is 472. The van der Waals surface area contributed by atoms with Gasteiger partial charge in [-0.1, -0.05) is 75.8 Å². The van der Waals surface area contributed by atoms with Crippen LogP contribution in [-0.4, -0.2) is 27.7 Å². The van der Waals surface area contributed by atoms with Crippen LogP contribution in [0, 0.1) is 0 Å². The number of aliphatic hydroxyl groups is 1. The molecular formula is C22H35NO. The lowest BCUT2D eigenvalue weighted by Gasteiger charge is -2.52. The largest absolute Gasteiger partial charge is 0.390 e. The average molecular weight is 330 g/mol. The van der Waals surface area contributed by atoms with E-state index < -0.39 is 5.60 Å². The van der Waals surface area contributed by atoms with E-state index in [2.05, 4.69) is 42.2 Å². The van der Waals surface area contributed by atoms with Gasteiger partial charge in [0.2, 0.25) is 0 Å². The van der Waals surface area contributed by atoms with Crippen LogP contribution >= 0.6 is 0 Å². The van der Waals surface area contributed by atoms with Gasteiger partial charge >= 0.3 is 0 Å². The Balaban J connectivity index is 1.56. The Hall–Kier alpha value is -0.860. The van der Waals surface area contributed by atoms with E-state index in [1.54, 1.807) is 0 Å². The highest BCUT2D eigenvalue weighted by Gasteiger charge is 2.44. The molecule has 0 amide bonds. The van der Waals surface area contributed by atoms with Gasteiger partial charge in [0.1, 0.15) is 0 Å². The van der Waals surface area contributed by atoms with Crippen molar-refractivity contribution < 1.29 is 5.11 Å². The summed E-state index contributed by atoms with van der Waals surface area (Å²) in [6.45, 7) is 3.32. The molecule has 2 unspecified atom stereocenters. The van der Waals surface area contributed by atoms with Crippen LogP contribution < -0.4 is 0 Å². The monoisotopic (exact) mass is 329 g/mol. The zero-order valence-corrected chi connectivity index (χ0v) is 15.4. The average Bonchev–Trinajstić information content (AvgIpc) is 2.57. The van der Waals surface area contributed by atoms with Crippen molar-refractivity contribution in [3.8, 4) is 0 Å². The molecule has 1 aromatic rings. The lowest BCUT2D eigenvalue weighted by atomic mass is 9.73. The summed E-state index contributed by atoms with van der Waals surface area (Å²) in [7, 11) is 0. The van der Waals surface area contributed by atoms with Gasteiger partial charge in [0.25, 0.3) is 0 Å². The number of rotatable bonds is 8. The third-order valence-corrected chi connectivity index (χ3v) is 6.20. The van der Waals surface area contributed by atoms with Gasteiger partial charge < -0.3 is 5.11 Å². The van der Waals surface area contributed by atoms with Crippen molar-refractivity contribution in [1.82, 2.24) is 4.90 Å². The Morgan fingerprint density at radius 1 is 1.00 bits per heavy atom. The first-order valence-electron chi connectivity index (χ1n) is 10.2. The highest BCUT2D eigenvalue weighted by Crippen LogP contribution is 2.42. The fraction of sp³-hybridized carbons (Fsp3) is 0.727. The van der Waals surface area contributed by atoms with Crippen LogP contribution in [0.5, 0.6) is 0 Å². The zero-order chi connectivity index (χ0) is 16.8. The fourth-order valence-electron chi connectivity index (χ4n) is 4.93. The number of nitrogens with zero attached hydrogens (tertiary/aromatic N) is 1. The number of hydrogen-bond donors (Lipinski definition) is 1. The van der Waals surface area contributed by atoms with Crippen molar-refractivity contribution in [2.75, 3.05) is 0 Å². The van der Waals surface area contributed by atoms with Crippen molar-refractivity contribution in [2.24, 2.45) is 0 Å². The van der Waals surface area contributed by atoms with E-state index in [9.17, 15) is 5.11 Å². The van der Waals surface area contributed by atoms with Crippen LogP contribution in [-0.2, 0) is 6.54 Å². The molecule has 2 fully saturated rings. The Morgan fingerprint density at radius 3 is 2.33 bits per heavy atom. The maximum Gasteiger partial charge on any atom is 0.0677 e. The second kappa shape index (κ2) is 8.49. The van der Waals surface area contributed by atoms with E-state index in [0.717, 1.165) is 25.8 Å². The van der Waals surface area contributed by atoms with E-state index in [0.29, 0.717) is 12.1 Å². The molecule has 0 spiro atoms. The molecule has 0 aliphatic carbocycles. The molecule has 2 aliphatic rings. The molecule has 2 atom stereocenters. The summed E-state index contributed by atoms with van der Waals surface area (Å²) in [5, 5.41) is 11.2. The lowest BCUT2D eigenvalue weighted by molar-refractivity contribution is -0.0999.